The molecule has 0 aromatic heterocycles. The number of rotatable bonds is 4. The van der Waals surface area contributed by atoms with Crippen molar-refractivity contribution >= 4 is 74.1 Å². The van der Waals surface area contributed by atoms with E-state index in [-0.39, 0.29) is 17.4 Å². The number of aliphatic imine (C=N–C) groups is 1. The average Bonchev–Trinajstić information content (AvgIpc) is 2.99. The van der Waals surface area contributed by atoms with E-state index in [0.717, 1.165) is 5.56 Å². The number of hydrogen-bond acceptors (Lipinski definition) is 7. The summed E-state index contributed by atoms with van der Waals surface area (Å²) in [6, 6.07) is 8.44. The molecule has 7 nitrogen and oxygen atoms in total. The Kier molecular flexibility index (Phi) is 7.19. The summed E-state index contributed by atoms with van der Waals surface area (Å²) in [4.78, 5) is 40.1. The Labute approximate surface area is 196 Å². The number of carbonyl (C=O) groups excluding carboxylic acids is 3. The third-order valence-corrected chi connectivity index (χ3v) is 5.59. The number of ether oxygens (including phenoxy) is 2. The summed E-state index contributed by atoms with van der Waals surface area (Å²) < 4.78 is 10.7. The second-order valence-corrected chi connectivity index (χ2v) is 8.75. The molecule has 0 unspecified atom stereocenters. The highest BCUT2D eigenvalue weighted by atomic mass is 79.9. The number of esters is 2. The lowest BCUT2D eigenvalue weighted by Gasteiger charge is -2.11. The van der Waals surface area contributed by atoms with Crippen LogP contribution in [0, 0.1) is 6.92 Å². The highest BCUT2D eigenvalue weighted by Crippen LogP contribution is 2.39. The van der Waals surface area contributed by atoms with E-state index in [4.69, 9.17) is 21.1 Å². The van der Waals surface area contributed by atoms with E-state index >= 15 is 0 Å². The van der Waals surface area contributed by atoms with Crippen LogP contribution < -0.4 is 14.8 Å². The predicted octanol–water partition coefficient (Wildman–Crippen LogP) is 5.15. The minimum atomic E-state index is -0.578. The van der Waals surface area contributed by atoms with Crippen LogP contribution in [0.25, 0.3) is 6.08 Å². The zero-order chi connectivity index (χ0) is 22.7. The Morgan fingerprint density at radius 1 is 1.16 bits per heavy atom. The SMILES string of the molecule is CC(=O)Oc1cc(/C=C2/SC(=Nc3ccc(Cl)cc3C)NC2=O)cc(Br)c1OC(C)=O. The highest BCUT2D eigenvalue weighted by molar-refractivity contribution is 9.10. The van der Waals surface area contributed by atoms with Crippen molar-refractivity contribution < 1.29 is 23.9 Å². The van der Waals surface area contributed by atoms with Crippen LogP contribution >= 0.6 is 39.3 Å². The topological polar surface area (TPSA) is 94.1 Å². The number of amides is 1. The van der Waals surface area contributed by atoms with Crippen molar-refractivity contribution in [1.29, 1.82) is 0 Å². The third-order valence-electron chi connectivity index (χ3n) is 3.86. The van der Waals surface area contributed by atoms with Crippen molar-refractivity contribution in [1.82, 2.24) is 5.32 Å². The summed E-state index contributed by atoms with van der Waals surface area (Å²) in [5.41, 5.74) is 2.13. The minimum absolute atomic E-state index is 0.0537. The van der Waals surface area contributed by atoms with Crippen LogP contribution in [0.4, 0.5) is 5.69 Å². The highest BCUT2D eigenvalue weighted by Gasteiger charge is 2.25. The molecule has 31 heavy (non-hydrogen) atoms. The molecule has 1 saturated heterocycles. The Morgan fingerprint density at radius 3 is 2.52 bits per heavy atom. The number of aryl methyl sites for hydroxylation is 1. The molecule has 2 aromatic rings. The second kappa shape index (κ2) is 9.67. The maximum Gasteiger partial charge on any atom is 0.308 e. The van der Waals surface area contributed by atoms with Crippen LogP contribution in [0.1, 0.15) is 25.0 Å². The van der Waals surface area contributed by atoms with Gasteiger partial charge in [-0.05, 0) is 82.2 Å². The quantitative estimate of drug-likeness (QED) is 0.338. The van der Waals surface area contributed by atoms with Crippen molar-refractivity contribution in [3.63, 3.8) is 0 Å². The first-order valence-corrected chi connectivity index (χ1v) is 10.9. The molecule has 160 valence electrons. The van der Waals surface area contributed by atoms with Gasteiger partial charge in [0.15, 0.2) is 16.7 Å². The smallest absolute Gasteiger partial charge is 0.308 e. The van der Waals surface area contributed by atoms with Gasteiger partial charge in [0.2, 0.25) is 0 Å². The summed E-state index contributed by atoms with van der Waals surface area (Å²) in [5.74, 6) is -1.33. The van der Waals surface area contributed by atoms with Gasteiger partial charge in [-0.25, -0.2) is 4.99 Å². The average molecular weight is 524 g/mol. The molecule has 1 aliphatic rings. The van der Waals surface area contributed by atoms with Gasteiger partial charge in [-0.3, -0.25) is 14.4 Å². The molecule has 1 aliphatic heterocycles. The molecule has 2 aromatic carbocycles. The molecule has 0 radical (unpaired) electrons. The van der Waals surface area contributed by atoms with Crippen LogP contribution in [0.3, 0.4) is 0 Å². The van der Waals surface area contributed by atoms with Crippen molar-refractivity contribution in [2.45, 2.75) is 20.8 Å². The number of amidine groups is 1. The monoisotopic (exact) mass is 522 g/mol. The molecule has 1 heterocycles. The molecule has 0 atom stereocenters. The lowest BCUT2D eigenvalue weighted by molar-refractivity contribution is -0.134. The van der Waals surface area contributed by atoms with E-state index in [1.165, 1.54) is 31.7 Å². The van der Waals surface area contributed by atoms with Crippen LogP contribution in [0.5, 0.6) is 11.5 Å². The van der Waals surface area contributed by atoms with Crippen LogP contribution in [0.15, 0.2) is 44.7 Å². The molecule has 1 fully saturated rings. The number of thioether (sulfide) groups is 1. The summed E-state index contributed by atoms with van der Waals surface area (Å²) in [7, 11) is 0. The standard InChI is InChI=1S/C21H16BrClN2O5S/c1-10-6-14(23)4-5-16(10)24-21-25-20(28)18(31-21)9-13-7-15(22)19(30-12(3)27)17(8-13)29-11(2)26/h4-9H,1-3H3,(H,24,25,28)/b18-9+. The van der Waals surface area contributed by atoms with Gasteiger partial charge < -0.3 is 14.8 Å². The number of nitrogens with zero attached hydrogens (tertiary/aromatic N) is 1. The number of halogens is 2. The largest absolute Gasteiger partial charge is 0.423 e. The van der Waals surface area contributed by atoms with Gasteiger partial charge in [-0.2, -0.15) is 0 Å². The van der Waals surface area contributed by atoms with Gasteiger partial charge in [0.25, 0.3) is 5.91 Å². The molecule has 10 heteroatoms. The first-order valence-electron chi connectivity index (χ1n) is 8.88. The first kappa shape index (κ1) is 23.1. The summed E-state index contributed by atoms with van der Waals surface area (Å²) >= 11 is 10.5. The van der Waals surface area contributed by atoms with E-state index in [1.807, 2.05) is 6.92 Å². The summed E-state index contributed by atoms with van der Waals surface area (Å²) in [6.45, 7) is 4.35. The first-order chi connectivity index (χ1) is 14.6. The second-order valence-electron chi connectivity index (χ2n) is 6.43. The molecule has 3 rings (SSSR count). The van der Waals surface area contributed by atoms with Crippen molar-refractivity contribution in [2.24, 2.45) is 4.99 Å². The Hall–Kier alpha value is -2.62. The normalized spacial score (nSPS) is 15.8. The van der Waals surface area contributed by atoms with Gasteiger partial charge in [0, 0.05) is 18.9 Å². The zero-order valence-electron chi connectivity index (χ0n) is 16.6. The van der Waals surface area contributed by atoms with Gasteiger partial charge in [0.05, 0.1) is 15.1 Å². The van der Waals surface area contributed by atoms with Gasteiger partial charge in [-0.1, -0.05) is 11.6 Å². The van der Waals surface area contributed by atoms with E-state index in [0.29, 0.717) is 30.8 Å². The number of hydrogen-bond donors (Lipinski definition) is 1. The zero-order valence-corrected chi connectivity index (χ0v) is 19.8. The van der Waals surface area contributed by atoms with E-state index in [1.54, 1.807) is 30.3 Å². The Bertz CT molecular complexity index is 1160. The Balaban J connectivity index is 1.92. The maximum atomic E-state index is 12.4. The molecule has 0 bridgehead atoms. The molecule has 0 saturated carbocycles. The molecule has 0 spiro atoms. The van der Waals surface area contributed by atoms with Crippen LogP contribution in [0.2, 0.25) is 5.02 Å². The van der Waals surface area contributed by atoms with Crippen LogP contribution in [-0.2, 0) is 14.4 Å². The van der Waals surface area contributed by atoms with Gasteiger partial charge >= 0.3 is 11.9 Å². The predicted molar refractivity (Wildman–Crippen MR) is 124 cm³/mol. The van der Waals surface area contributed by atoms with E-state index < -0.39 is 11.9 Å². The van der Waals surface area contributed by atoms with Crippen LogP contribution in [-0.4, -0.2) is 23.0 Å². The molecule has 1 N–H and O–H groups in total. The number of carbonyl (C=O) groups is 3. The maximum absolute atomic E-state index is 12.4. The van der Waals surface area contributed by atoms with E-state index in [9.17, 15) is 14.4 Å². The lowest BCUT2D eigenvalue weighted by atomic mass is 10.2. The van der Waals surface area contributed by atoms with Gasteiger partial charge in [0.1, 0.15) is 0 Å². The number of benzene rings is 2. The van der Waals surface area contributed by atoms with Gasteiger partial charge in [-0.15, -0.1) is 0 Å². The van der Waals surface area contributed by atoms with E-state index in [2.05, 4.69) is 26.2 Å². The summed E-state index contributed by atoms with van der Waals surface area (Å²) in [5, 5.41) is 3.76. The molecular formula is C21H16BrClN2O5S. The number of nitrogens with one attached hydrogen (secondary N) is 1. The fourth-order valence-corrected chi connectivity index (χ4v) is 4.23. The fraction of sp³-hybridized carbons (Fsp3) is 0.143. The fourth-order valence-electron chi connectivity index (χ4n) is 2.63. The van der Waals surface area contributed by atoms with Crippen molar-refractivity contribution in [3.05, 3.63) is 55.9 Å². The van der Waals surface area contributed by atoms with Crippen molar-refractivity contribution in [2.75, 3.05) is 0 Å². The third kappa shape index (κ3) is 5.96. The molecular weight excluding hydrogens is 508 g/mol. The molecule has 0 aliphatic carbocycles. The Morgan fingerprint density at radius 2 is 1.87 bits per heavy atom. The van der Waals surface area contributed by atoms with Crippen molar-refractivity contribution in [3.8, 4) is 11.5 Å². The summed E-state index contributed by atoms with van der Waals surface area (Å²) in [6.07, 6.45) is 1.62. The molecule has 1 amide bonds. The minimum Gasteiger partial charge on any atom is -0.423 e. The lowest BCUT2D eigenvalue weighted by Crippen LogP contribution is -2.19.